The van der Waals surface area contributed by atoms with Crippen LogP contribution in [0.3, 0.4) is 0 Å². The molecule has 1 unspecified atom stereocenters. The number of benzene rings is 1. The molecule has 1 aromatic rings. The van der Waals surface area contributed by atoms with Crippen molar-refractivity contribution in [1.29, 1.82) is 0 Å². The van der Waals surface area contributed by atoms with E-state index in [0.717, 1.165) is 4.31 Å². The van der Waals surface area contributed by atoms with E-state index in [0.29, 0.717) is 11.3 Å². The van der Waals surface area contributed by atoms with Crippen LogP contribution in [0.25, 0.3) is 0 Å². The Bertz CT molecular complexity index is 493. The maximum Gasteiger partial charge on any atom is 0.275 e. The Labute approximate surface area is 89.5 Å². The minimum atomic E-state index is -3.81. The highest BCUT2D eigenvalue weighted by molar-refractivity contribution is 7.86. The predicted octanol–water partition coefficient (Wildman–Crippen LogP) is 2.13. The lowest BCUT2D eigenvalue weighted by Gasteiger charge is -2.07. The molecule has 0 aliphatic heterocycles. The van der Waals surface area contributed by atoms with Crippen LogP contribution >= 0.6 is 0 Å². The fourth-order valence-corrected chi connectivity index (χ4v) is 1.38. The molecule has 0 amide bonds. The molecular weight excluding hydrogens is 215 g/mol. The number of rotatable bonds is 2. The summed E-state index contributed by atoms with van der Waals surface area (Å²) in [5.41, 5.74) is 0.972. The number of nitrogens with zero attached hydrogens (tertiary/aromatic N) is 2. The second kappa shape index (κ2) is 4.43. The molecule has 1 rings (SSSR count). The normalized spacial score (nSPS) is 14.3. The summed E-state index contributed by atoms with van der Waals surface area (Å²) in [6, 6.07) is 6.28. The van der Waals surface area contributed by atoms with E-state index in [2.05, 4.69) is 10.3 Å². The first-order chi connectivity index (χ1) is 6.95. The largest absolute Gasteiger partial charge is 0.275 e. The minimum absolute atomic E-state index is 0.301. The van der Waals surface area contributed by atoms with Crippen LogP contribution in [-0.2, 0) is 10.3 Å². The smallest absolute Gasteiger partial charge is 0.199 e. The third kappa shape index (κ3) is 3.05. The zero-order chi connectivity index (χ0) is 11.5. The fourth-order valence-electron chi connectivity index (χ4n) is 0.830. The van der Waals surface area contributed by atoms with Crippen LogP contribution in [0.4, 0.5) is 9.57 Å². The topological polar surface area (TPSA) is 32.7 Å². The predicted molar refractivity (Wildman–Crippen MR) is 59.4 cm³/mol. The van der Waals surface area contributed by atoms with E-state index < -0.39 is 10.3 Å². The van der Waals surface area contributed by atoms with Crippen molar-refractivity contribution in [3.63, 3.8) is 0 Å². The molecule has 3 nitrogen and oxygen atoms in total. The van der Waals surface area contributed by atoms with Crippen LogP contribution in [0, 0.1) is 12.3 Å². The fraction of sp³-hybridized carbons (Fsp3) is 0.200. The Balaban J connectivity index is 3.11. The van der Waals surface area contributed by atoms with Gasteiger partial charge in [-0.15, -0.1) is 10.3 Å². The van der Waals surface area contributed by atoms with Crippen LogP contribution in [0.1, 0.15) is 5.56 Å². The highest BCUT2D eigenvalue weighted by Gasteiger charge is 2.08. The van der Waals surface area contributed by atoms with Crippen molar-refractivity contribution in [2.45, 2.75) is 0 Å². The molecule has 0 aromatic heterocycles. The van der Waals surface area contributed by atoms with E-state index >= 15 is 0 Å². The minimum Gasteiger partial charge on any atom is -0.199 e. The molecule has 0 aliphatic carbocycles. The molecule has 0 aliphatic rings. The van der Waals surface area contributed by atoms with E-state index in [1.165, 1.54) is 26.2 Å². The van der Waals surface area contributed by atoms with Crippen LogP contribution in [-0.4, -0.2) is 22.6 Å². The molecule has 1 atom stereocenters. The van der Waals surface area contributed by atoms with Gasteiger partial charge in [0, 0.05) is 19.7 Å². The summed E-state index contributed by atoms with van der Waals surface area (Å²) >= 11 is 0. The van der Waals surface area contributed by atoms with Gasteiger partial charge < -0.3 is 0 Å². The van der Waals surface area contributed by atoms with Crippen LogP contribution in [0.5, 0.6) is 0 Å². The Morgan fingerprint density at radius 1 is 1.40 bits per heavy atom. The first-order valence-electron chi connectivity index (χ1n) is 4.16. The highest BCUT2D eigenvalue weighted by atomic mass is 32.3. The lowest BCUT2D eigenvalue weighted by Crippen LogP contribution is -2.16. The van der Waals surface area contributed by atoms with Crippen LogP contribution < -0.4 is 0 Å². The summed E-state index contributed by atoms with van der Waals surface area (Å²) in [5, 5.41) is 0. The van der Waals surface area contributed by atoms with Crippen LogP contribution in [0.15, 0.2) is 28.6 Å². The zero-order valence-electron chi connectivity index (χ0n) is 8.48. The second-order valence-electron chi connectivity index (χ2n) is 3.03. The molecule has 0 fully saturated rings. The van der Waals surface area contributed by atoms with E-state index in [9.17, 15) is 8.09 Å². The highest BCUT2D eigenvalue weighted by Crippen LogP contribution is 2.17. The average Bonchev–Trinajstić information content (AvgIpc) is 2.18. The first kappa shape index (κ1) is 11.7. The summed E-state index contributed by atoms with van der Waals surface area (Å²) in [6.45, 7) is 0. The molecule has 15 heavy (non-hydrogen) atoms. The summed E-state index contributed by atoms with van der Waals surface area (Å²) in [5.74, 6) is 2.42. The van der Waals surface area contributed by atoms with E-state index in [-0.39, 0.29) is 0 Å². The molecule has 0 bridgehead atoms. The average molecular weight is 226 g/mol. The Kier molecular flexibility index (Phi) is 3.45. The lowest BCUT2D eigenvalue weighted by molar-refractivity contribution is 0.546. The molecule has 0 saturated carbocycles. The molecule has 0 saturated heterocycles. The van der Waals surface area contributed by atoms with Gasteiger partial charge in [0.25, 0.3) is 10.3 Å². The number of hydrogen-bond donors (Lipinski definition) is 0. The first-order valence-corrected chi connectivity index (χ1v) is 5.54. The lowest BCUT2D eigenvalue weighted by atomic mass is 10.2. The molecular formula is C10H11FN2OS. The maximum atomic E-state index is 13.3. The van der Waals surface area contributed by atoms with E-state index in [1.807, 2.05) is 0 Å². The zero-order valence-corrected chi connectivity index (χ0v) is 9.29. The van der Waals surface area contributed by atoms with E-state index in [4.69, 9.17) is 6.42 Å². The standard InChI is InChI=1S/C10H11FN2OS/c1-4-9-5-7-10(8-6-9)12-15(11,14)13(2)3/h1,5-8H,2-3H3. The maximum absolute atomic E-state index is 13.3. The quantitative estimate of drug-likeness (QED) is 0.561. The number of terminal acetylenes is 1. The van der Waals surface area contributed by atoms with Gasteiger partial charge in [-0.05, 0) is 24.3 Å². The Hall–Kier alpha value is -1.38. The molecule has 5 heteroatoms. The third-order valence-electron chi connectivity index (χ3n) is 1.70. The SMILES string of the molecule is C#Cc1ccc(N=S(=O)(F)N(C)C)cc1. The van der Waals surface area contributed by atoms with Crippen LogP contribution in [0.2, 0.25) is 0 Å². The van der Waals surface area contributed by atoms with Gasteiger partial charge in [-0.3, -0.25) is 0 Å². The monoisotopic (exact) mass is 226 g/mol. The second-order valence-corrected chi connectivity index (χ2v) is 4.80. The van der Waals surface area contributed by atoms with Crippen molar-refractivity contribution in [2.75, 3.05) is 14.1 Å². The van der Waals surface area contributed by atoms with Crippen molar-refractivity contribution in [1.82, 2.24) is 4.31 Å². The number of hydrogen-bond acceptors (Lipinski definition) is 2. The van der Waals surface area contributed by atoms with Crippen molar-refractivity contribution in [3.05, 3.63) is 29.8 Å². The van der Waals surface area contributed by atoms with Gasteiger partial charge in [0.2, 0.25) is 0 Å². The molecule has 0 N–H and O–H groups in total. The van der Waals surface area contributed by atoms with Gasteiger partial charge in [-0.2, -0.15) is 12.9 Å². The summed E-state index contributed by atoms with van der Waals surface area (Å²) in [4.78, 5) is 0. The summed E-state index contributed by atoms with van der Waals surface area (Å²) in [6.07, 6.45) is 5.16. The van der Waals surface area contributed by atoms with Crippen molar-refractivity contribution < 1.29 is 8.09 Å². The molecule has 0 spiro atoms. The third-order valence-corrected chi connectivity index (χ3v) is 3.04. The van der Waals surface area contributed by atoms with E-state index in [1.54, 1.807) is 12.1 Å². The molecule has 80 valence electrons. The molecule has 0 heterocycles. The van der Waals surface area contributed by atoms with Crippen molar-refractivity contribution >= 4 is 16.0 Å². The molecule has 0 radical (unpaired) electrons. The molecule has 1 aromatic carbocycles. The van der Waals surface area contributed by atoms with Gasteiger partial charge in [-0.1, -0.05) is 5.92 Å². The van der Waals surface area contributed by atoms with Gasteiger partial charge >= 0.3 is 0 Å². The van der Waals surface area contributed by atoms with Gasteiger partial charge in [0.1, 0.15) is 0 Å². The van der Waals surface area contributed by atoms with Gasteiger partial charge in [0.05, 0.1) is 5.69 Å². The Morgan fingerprint density at radius 2 is 1.93 bits per heavy atom. The van der Waals surface area contributed by atoms with Crippen molar-refractivity contribution in [2.24, 2.45) is 4.36 Å². The van der Waals surface area contributed by atoms with Gasteiger partial charge in [0.15, 0.2) is 0 Å². The Morgan fingerprint density at radius 3 is 2.33 bits per heavy atom. The summed E-state index contributed by atoms with van der Waals surface area (Å²) in [7, 11) is -1.09. The summed E-state index contributed by atoms with van der Waals surface area (Å²) < 4.78 is 29.0. The number of halogens is 1. The van der Waals surface area contributed by atoms with Gasteiger partial charge in [-0.25, -0.2) is 0 Å². The van der Waals surface area contributed by atoms with Crippen molar-refractivity contribution in [3.8, 4) is 12.3 Å².